The van der Waals surface area contributed by atoms with Crippen molar-refractivity contribution in [3.8, 4) is 23.0 Å². The highest BCUT2D eigenvalue weighted by molar-refractivity contribution is 5.92. The minimum atomic E-state index is -0.185. The van der Waals surface area contributed by atoms with Crippen molar-refractivity contribution < 1.29 is 23.7 Å². The summed E-state index contributed by atoms with van der Waals surface area (Å²) in [6.07, 6.45) is 3.22. The van der Waals surface area contributed by atoms with Crippen molar-refractivity contribution in [2.24, 2.45) is 0 Å². The third-order valence-corrected chi connectivity index (χ3v) is 4.33. The summed E-state index contributed by atoms with van der Waals surface area (Å²) in [6.45, 7) is 5.49. The first-order valence-electron chi connectivity index (χ1n) is 9.29. The molecule has 1 N–H and O–H groups in total. The minimum Gasteiger partial charge on any atom is -0.494 e. The molecule has 0 saturated carbocycles. The van der Waals surface area contributed by atoms with E-state index in [9.17, 15) is 4.79 Å². The van der Waals surface area contributed by atoms with E-state index in [2.05, 4.69) is 5.32 Å². The fourth-order valence-corrected chi connectivity index (χ4v) is 2.93. The molecule has 1 atom stereocenters. The first-order chi connectivity index (χ1) is 13.6. The zero-order valence-corrected chi connectivity index (χ0v) is 16.4. The Hall–Kier alpha value is -3.15. The van der Waals surface area contributed by atoms with Gasteiger partial charge in [-0.2, -0.15) is 0 Å². The van der Waals surface area contributed by atoms with E-state index in [1.54, 1.807) is 13.2 Å². The molecule has 0 saturated heterocycles. The van der Waals surface area contributed by atoms with Gasteiger partial charge in [-0.05, 0) is 55.3 Å². The number of ether oxygens (including phenoxy) is 4. The quantitative estimate of drug-likeness (QED) is 0.738. The van der Waals surface area contributed by atoms with Crippen LogP contribution in [0.5, 0.6) is 23.0 Å². The van der Waals surface area contributed by atoms with Gasteiger partial charge in [-0.15, -0.1) is 0 Å². The van der Waals surface area contributed by atoms with Gasteiger partial charge in [-0.25, -0.2) is 0 Å². The molecular weight excluding hydrogens is 358 g/mol. The summed E-state index contributed by atoms with van der Waals surface area (Å²) in [4.78, 5) is 12.3. The molecule has 0 aliphatic carbocycles. The minimum absolute atomic E-state index is 0.123. The van der Waals surface area contributed by atoms with Gasteiger partial charge in [0.05, 0.1) is 19.8 Å². The third kappa shape index (κ3) is 4.76. The van der Waals surface area contributed by atoms with Crippen LogP contribution in [0.25, 0.3) is 6.08 Å². The van der Waals surface area contributed by atoms with Gasteiger partial charge < -0.3 is 24.3 Å². The molecule has 1 aliphatic rings. The fraction of sp³-hybridized carbons (Fsp3) is 0.318. The van der Waals surface area contributed by atoms with Gasteiger partial charge in [0.25, 0.3) is 0 Å². The second-order valence-electron chi connectivity index (χ2n) is 6.31. The highest BCUT2D eigenvalue weighted by Crippen LogP contribution is 2.40. The lowest BCUT2D eigenvalue weighted by atomic mass is 10.1. The molecule has 0 aromatic heterocycles. The van der Waals surface area contributed by atoms with Gasteiger partial charge in [0.15, 0.2) is 11.5 Å². The predicted molar refractivity (Wildman–Crippen MR) is 107 cm³/mol. The average Bonchev–Trinajstić information content (AvgIpc) is 2.72. The zero-order chi connectivity index (χ0) is 19.9. The molecule has 3 rings (SSSR count). The van der Waals surface area contributed by atoms with Crippen molar-refractivity contribution in [2.45, 2.75) is 19.9 Å². The fourth-order valence-electron chi connectivity index (χ4n) is 2.93. The van der Waals surface area contributed by atoms with Crippen LogP contribution in [0.2, 0.25) is 0 Å². The molecule has 148 valence electrons. The van der Waals surface area contributed by atoms with Crippen molar-refractivity contribution in [2.75, 3.05) is 26.9 Å². The number of nitrogens with one attached hydrogen (secondary N) is 1. The van der Waals surface area contributed by atoms with E-state index < -0.39 is 0 Å². The van der Waals surface area contributed by atoms with Gasteiger partial charge in [0.2, 0.25) is 11.7 Å². The molecule has 0 bridgehead atoms. The van der Waals surface area contributed by atoms with Crippen LogP contribution >= 0.6 is 0 Å². The molecular formula is C22H25NO5. The van der Waals surface area contributed by atoms with Crippen LogP contribution in [0.15, 0.2) is 42.5 Å². The maximum Gasteiger partial charge on any atom is 0.244 e. The molecule has 0 spiro atoms. The second-order valence-corrected chi connectivity index (χ2v) is 6.31. The molecule has 0 radical (unpaired) electrons. The molecule has 6 heteroatoms. The predicted octanol–water partition coefficient (Wildman–Crippen LogP) is 3.76. The largest absolute Gasteiger partial charge is 0.494 e. The number of hydrogen-bond donors (Lipinski definition) is 1. The first-order valence-corrected chi connectivity index (χ1v) is 9.29. The summed E-state index contributed by atoms with van der Waals surface area (Å²) in [6, 6.07) is 11.2. The Morgan fingerprint density at radius 2 is 1.96 bits per heavy atom. The first kappa shape index (κ1) is 19.6. The van der Waals surface area contributed by atoms with Gasteiger partial charge in [0, 0.05) is 6.08 Å². The Kier molecular flexibility index (Phi) is 6.42. The van der Waals surface area contributed by atoms with E-state index in [1.807, 2.05) is 50.2 Å². The number of carbonyl (C=O) groups is 1. The van der Waals surface area contributed by atoms with Crippen LogP contribution in [0, 0.1) is 0 Å². The van der Waals surface area contributed by atoms with E-state index in [0.717, 1.165) is 16.9 Å². The summed E-state index contributed by atoms with van der Waals surface area (Å²) < 4.78 is 22.0. The summed E-state index contributed by atoms with van der Waals surface area (Å²) in [5.41, 5.74) is 1.80. The monoisotopic (exact) mass is 383 g/mol. The van der Waals surface area contributed by atoms with E-state index >= 15 is 0 Å². The summed E-state index contributed by atoms with van der Waals surface area (Å²) >= 11 is 0. The van der Waals surface area contributed by atoms with E-state index in [1.165, 1.54) is 6.08 Å². The normalized spacial score (nSPS) is 13.8. The molecule has 2 aromatic rings. The van der Waals surface area contributed by atoms with Crippen molar-refractivity contribution in [1.29, 1.82) is 0 Å². The van der Waals surface area contributed by atoms with E-state index in [-0.39, 0.29) is 11.9 Å². The number of methoxy groups -OCH3 is 1. The molecule has 6 nitrogen and oxygen atoms in total. The van der Waals surface area contributed by atoms with Crippen molar-refractivity contribution in [1.82, 2.24) is 5.32 Å². The van der Waals surface area contributed by atoms with Gasteiger partial charge in [-0.3, -0.25) is 4.79 Å². The summed E-state index contributed by atoms with van der Waals surface area (Å²) in [5, 5.41) is 2.96. The summed E-state index contributed by atoms with van der Waals surface area (Å²) in [7, 11) is 1.58. The SMILES string of the molecule is CCOc1ccc(C(C)NC(=O)C=Cc2cc(OC)c3c(c2)OCCO3)cc1. The Morgan fingerprint density at radius 1 is 1.21 bits per heavy atom. The standard InChI is InChI=1S/C22H25NO5/c1-4-26-18-8-6-17(7-9-18)15(2)23-21(24)10-5-16-13-19(25-3)22-20(14-16)27-11-12-28-22/h5-10,13-15H,4,11-12H2,1-3H3,(H,23,24). The summed E-state index contributed by atoms with van der Waals surface area (Å²) in [5.74, 6) is 2.43. The Labute approximate surface area is 165 Å². The van der Waals surface area contributed by atoms with E-state index in [0.29, 0.717) is 37.1 Å². The molecule has 2 aromatic carbocycles. The zero-order valence-electron chi connectivity index (χ0n) is 16.4. The smallest absolute Gasteiger partial charge is 0.244 e. The Bertz CT molecular complexity index is 828. The average molecular weight is 383 g/mol. The number of hydrogen-bond acceptors (Lipinski definition) is 5. The number of fused-ring (bicyclic) bond motifs is 1. The van der Waals surface area contributed by atoms with Crippen LogP contribution in [-0.2, 0) is 4.79 Å². The molecule has 28 heavy (non-hydrogen) atoms. The topological polar surface area (TPSA) is 66.0 Å². The lowest BCUT2D eigenvalue weighted by Gasteiger charge is -2.21. The third-order valence-electron chi connectivity index (χ3n) is 4.33. The molecule has 1 unspecified atom stereocenters. The number of benzene rings is 2. The van der Waals surface area contributed by atoms with Crippen LogP contribution in [0.3, 0.4) is 0 Å². The lowest BCUT2D eigenvalue weighted by molar-refractivity contribution is -0.117. The van der Waals surface area contributed by atoms with Crippen LogP contribution in [0.1, 0.15) is 31.0 Å². The number of carbonyl (C=O) groups excluding carboxylic acids is 1. The van der Waals surface area contributed by atoms with Crippen molar-refractivity contribution >= 4 is 12.0 Å². The van der Waals surface area contributed by atoms with Crippen LogP contribution < -0.4 is 24.3 Å². The maximum absolute atomic E-state index is 12.3. The highest BCUT2D eigenvalue weighted by atomic mass is 16.6. The molecule has 1 amide bonds. The van der Waals surface area contributed by atoms with Crippen molar-refractivity contribution in [3.63, 3.8) is 0 Å². The highest BCUT2D eigenvalue weighted by Gasteiger charge is 2.18. The lowest BCUT2D eigenvalue weighted by Crippen LogP contribution is -2.24. The second kappa shape index (κ2) is 9.17. The van der Waals surface area contributed by atoms with Gasteiger partial charge in [-0.1, -0.05) is 12.1 Å². The van der Waals surface area contributed by atoms with Gasteiger partial charge in [0.1, 0.15) is 19.0 Å². The Balaban J connectivity index is 1.64. The molecule has 1 heterocycles. The molecule has 0 fully saturated rings. The van der Waals surface area contributed by atoms with Gasteiger partial charge >= 0.3 is 0 Å². The van der Waals surface area contributed by atoms with Crippen LogP contribution in [-0.4, -0.2) is 32.8 Å². The number of rotatable bonds is 7. The molecule has 1 aliphatic heterocycles. The van der Waals surface area contributed by atoms with Crippen molar-refractivity contribution in [3.05, 3.63) is 53.6 Å². The Morgan fingerprint density at radius 3 is 2.68 bits per heavy atom. The van der Waals surface area contributed by atoms with Crippen LogP contribution in [0.4, 0.5) is 0 Å². The van der Waals surface area contributed by atoms with E-state index in [4.69, 9.17) is 18.9 Å². The maximum atomic E-state index is 12.3. The number of amides is 1.